The summed E-state index contributed by atoms with van der Waals surface area (Å²) in [5.41, 5.74) is 1.17. The quantitative estimate of drug-likeness (QED) is 0.681. The molecule has 1 aromatic rings. The number of rotatable bonds is 1. The van der Waals surface area contributed by atoms with Gasteiger partial charge in [0, 0.05) is 17.8 Å². The van der Waals surface area contributed by atoms with Crippen molar-refractivity contribution in [3.8, 4) is 0 Å². The van der Waals surface area contributed by atoms with Gasteiger partial charge in [-0.05, 0) is 30.9 Å². The standard InChI is InChI=1S/C7H11N3S/c1-2-6(4-8-3-1)7-5-11-10-9-7/h5-6,8H,1-4H2/t6-/m1/s1. The first-order valence-corrected chi connectivity index (χ1v) is 4.78. The maximum atomic E-state index is 4.07. The average Bonchev–Trinajstić information content (AvgIpc) is 2.58. The summed E-state index contributed by atoms with van der Waals surface area (Å²) in [6.45, 7) is 2.24. The second kappa shape index (κ2) is 3.28. The minimum atomic E-state index is 0.613. The molecule has 1 N–H and O–H groups in total. The highest BCUT2D eigenvalue weighted by molar-refractivity contribution is 7.03. The minimum Gasteiger partial charge on any atom is -0.316 e. The summed E-state index contributed by atoms with van der Waals surface area (Å²) in [5, 5.41) is 9.48. The first-order chi connectivity index (χ1) is 5.47. The summed E-state index contributed by atoms with van der Waals surface area (Å²) in [4.78, 5) is 0. The van der Waals surface area contributed by atoms with E-state index in [1.807, 2.05) is 0 Å². The van der Waals surface area contributed by atoms with Crippen LogP contribution in [-0.2, 0) is 0 Å². The number of nitrogens with one attached hydrogen (secondary N) is 1. The lowest BCUT2D eigenvalue weighted by atomic mass is 9.97. The minimum absolute atomic E-state index is 0.613. The van der Waals surface area contributed by atoms with E-state index in [9.17, 15) is 0 Å². The zero-order chi connectivity index (χ0) is 7.52. The Balaban J connectivity index is 2.04. The van der Waals surface area contributed by atoms with Crippen LogP contribution < -0.4 is 5.32 Å². The fraction of sp³-hybridized carbons (Fsp3) is 0.714. The monoisotopic (exact) mass is 169 g/mol. The lowest BCUT2D eigenvalue weighted by Gasteiger charge is -2.20. The topological polar surface area (TPSA) is 37.8 Å². The van der Waals surface area contributed by atoms with Gasteiger partial charge in [-0.3, -0.25) is 0 Å². The maximum Gasteiger partial charge on any atom is 0.0799 e. The Bertz CT molecular complexity index is 203. The summed E-state index contributed by atoms with van der Waals surface area (Å²) in [7, 11) is 0. The van der Waals surface area contributed by atoms with Crippen LogP contribution in [-0.4, -0.2) is 22.7 Å². The molecule has 1 aliphatic rings. The van der Waals surface area contributed by atoms with E-state index >= 15 is 0 Å². The molecular formula is C7H11N3S. The van der Waals surface area contributed by atoms with Crippen LogP contribution in [0.1, 0.15) is 24.5 Å². The molecule has 4 heteroatoms. The predicted octanol–water partition coefficient (Wildman–Crippen LogP) is 1.01. The van der Waals surface area contributed by atoms with E-state index in [0.29, 0.717) is 5.92 Å². The Morgan fingerprint density at radius 3 is 3.27 bits per heavy atom. The lowest BCUT2D eigenvalue weighted by molar-refractivity contribution is 0.454. The van der Waals surface area contributed by atoms with Gasteiger partial charge in [0.15, 0.2) is 0 Å². The highest BCUT2D eigenvalue weighted by Gasteiger charge is 2.16. The fourth-order valence-electron chi connectivity index (χ4n) is 1.45. The molecule has 60 valence electrons. The largest absolute Gasteiger partial charge is 0.316 e. The third kappa shape index (κ3) is 1.57. The Morgan fingerprint density at radius 1 is 1.64 bits per heavy atom. The molecule has 0 saturated carbocycles. The highest BCUT2D eigenvalue weighted by Crippen LogP contribution is 2.21. The molecular weight excluding hydrogens is 158 g/mol. The normalized spacial score (nSPS) is 25.3. The molecule has 0 aliphatic carbocycles. The number of piperidine rings is 1. The van der Waals surface area contributed by atoms with Gasteiger partial charge in [0.25, 0.3) is 0 Å². The van der Waals surface area contributed by atoms with E-state index in [4.69, 9.17) is 0 Å². The van der Waals surface area contributed by atoms with Gasteiger partial charge in [-0.2, -0.15) is 0 Å². The Kier molecular flexibility index (Phi) is 2.14. The van der Waals surface area contributed by atoms with Gasteiger partial charge in [-0.25, -0.2) is 0 Å². The highest BCUT2D eigenvalue weighted by atomic mass is 32.1. The molecule has 0 aromatic carbocycles. The van der Waals surface area contributed by atoms with Gasteiger partial charge < -0.3 is 5.32 Å². The Labute approximate surface area is 70.0 Å². The van der Waals surface area contributed by atoms with E-state index in [1.165, 1.54) is 30.1 Å². The summed E-state index contributed by atoms with van der Waals surface area (Å²) in [6.07, 6.45) is 2.53. The van der Waals surface area contributed by atoms with Crippen LogP contribution in [0.4, 0.5) is 0 Å². The van der Waals surface area contributed by atoms with Crippen LogP contribution in [0, 0.1) is 0 Å². The maximum absolute atomic E-state index is 4.07. The summed E-state index contributed by atoms with van der Waals surface area (Å²) >= 11 is 1.44. The summed E-state index contributed by atoms with van der Waals surface area (Å²) in [6, 6.07) is 0. The first kappa shape index (κ1) is 7.18. The van der Waals surface area contributed by atoms with Crippen molar-refractivity contribution in [2.45, 2.75) is 18.8 Å². The molecule has 1 aliphatic heterocycles. The van der Waals surface area contributed by atoms with E-state index in [-0.39, 0.29) is 0 Å². The van der Waals surface area contributed by atoms with Crippen LogP contribution in [0.3, 0.4) is 0 Å². The van der Waals surface area contributed by atoms with Crippen molar-refractivity contribution in [2.24, 2.45) is 0 Å². The van der Waals surface area contributed by atoms with Crippen molar-refractivity contribution in [1.82, 2.24) is 14.9 Å². The van der Waals surface area contributed by atoms with Crippen molar-refractivity contribution in [3.63, 3.8) is 0 Å². The van der Waals surface area contributed by atoms with Gasteiger partial charge in [0.1, 0.15) is 0 Å². The third-order valence-electron chi connectivity index (χ3n) is 2.09. The molecule has 0 unspecified atom stereocenters. The molecule has 1 aromatic heterocycles. The predicted molar refractivity (Wildman–Crippen MR) is 44.8 cm³/mol. The second-order valence-corrected chi connectivity index (χ2v) is 3.48. The molecule has 1 saturated heterocycles. The molecule has 2 heterocycles. The fourth-order valence-corrected chi connectivity index (χ4v) is 1.99. The average molecular weight is 169 g/mol. The number of aromatic nitrogens is 2. The molecule has 2 rings (SSSR count). The van der Waals surface area contributed by atoms with E-state index in [2.05, 4.69) is 20.3 Å². The molecule has 0 bridgehead atoms. The molecule has 0 amide bonds. The molecule has 3 nitrogen and oxygen atoms in total. The van der Waals surface area contributed by atoms with Gasteiger partial charge >= 0.3 is 0 Å². The lowest BCUT2D eigenvalue weighted by Crippen LogP contribution is -2.28. The molecule has 1 atom stereocenters. The van der Waals surface area contributed by atoms with Gasteiger partial charge in [-0.15, -0.1) is 5.10 Å². The second-order valence-electron chi connectivity index (χ2n) is 2.87. The smallest absolute Gasteiger partial charge is 0.0799 e. The van der Waals surface area contributed by atoms with Gasteiger partial charge in [-0.1, -0.05) is 4.49 Å². The van der Waals surface area contributed by atoms with Crippen LogP contribution >= 0.6 is 11.5 Å². The van der Waals surface area contributed by atoms with Crippen molar-refractivity contribution in [1.29, 1.82) is 0 Å². The third-order valence-corrected chi connectivity index (χ3v) is 2.61. The summed E-state index contributed by atoms with van der Waals surface area (Å²) in [5.74, 6) is 0.613. The first-order valence-electron chi connectivity index (χ1n) is 3.94. The van der Waals surface area contributed by atoms with Crippen molar-refractivity contribution >= 4 is 11.5 Å². The van der Waals surface area contributed by atoms with E-state index < -0.39 is 0 Å². The number of hydrogen-bond donors (Lipinski definition) is 1. The number of nitrogens with zero attached hydrogens (tertiary/aromatic N) is 2. The van der Waals surface area contributed by atoms with Crippen molar-refractivity contribution in [2.75, 3.05) is 13.1 Å². The summed E-state index contributed by atoms with van der Waals surface area (Å²) < 4.78 is 3.86. The van der Waals surface area contributed by atoms with Crippen LogP contribution in [0.5, 0.6) is 0 Å². The van der Waals surface area contributed by atoms with Crippen LogP contribution in [0.15, 0.2) is 5.38 Å². The number of hydrogen-bond acceptors (Lipinski definition) is 4. The zero-order valence-corrected chi connectivity index (χ0v) is 7.10. The molecule has 11 heavy (non-hydrogen) atoms. The van der Waals surface area contributed by atoms with Gasteiger partial charge in [0.05, 0.1) is 5.69 Å². The van der Waals surface area contributed by atoms with Gasteiger partial charge in [0.2, 0.25) is 0 Å². The van der Waals surface area contributed by atoms with E-state index in [0.717, 1.165) is 13.1 Å². The molecule has 0 radical (unpaired) electrons. The van der Waals surface area contributed by atoms with Crippen molar-refractivity contribution in [3.05, 3.63) is 11.1 Å². The van der Waals surface area contributed by atoms with Crippen LogP contribution in [0.25, 0.3) is 0 Å². The Hall–Kier alpha value is -0.480. The zero-order valence-electron chi connectivity index (χ0n) is 6.29. The SMILES string of the molecule is c1snnc1[C@@H]1CCCNC1. The molecule has 0 spiro atoms. The van der Waals surface area contributed by atoms with Crippen molar-refractivity contribution < 1.29 is 0 Å². The Morgan fingerprint density at radius 2 is 2.64 bits per heavy atom. The molecule has 1 fully saturated rings. The van der Waals surface area contributed by atoms with E-state index in [1.54, 1.807) is 0 Å². The van der Waals surface area contributed by atoms with Crippen LogP contribution in [0.2, 0.25) is 0 Å².